The third-order valence-corrected chi connectivity index (χ3v) is 4.27. The lowest BCUT2D eigenvalue weighted by Crippen LogP contribution is -2.54. The van der Waals surface area contributed by atoms with Crippen LogP contribution in [-0.2, 0) is 6.42 Å². The molecule has 2 nitrogen and oxygen atoms in total. The summed E-state index contributed by atoms with van der Waals surface area (Å²) in [5.41, 5.74) is 1.77. The summed E-state index contributed by atoms with van der Waals surface area (Å²) in [6, 6.07) is 11.5. The molecule has 2 rings (SSSR count). The Hall–Kier alpha value is -0.860. The average molecular weight is 246 g/mol. The molecular formula is C16H26N2. The highest BCUT2D eigenvalue weighted by atomic mass is 15.2. The number of likely N-dealkylation sites (tertiary alicyclic amines) is 1. The normalized spacial score (nSPS) is 24.1. The highest BCUT2D eigenvalue weighted by Crippen LogP contribution is 2.27. The Kier molecular flexibility index (Phi) is 4.41. The Balaban J connectivity index is 1.90. The molecule has 100 valence electrons. The van der Waals surface area contributed by atoms with Gasteiger partial charge in [-0.25, -0.2) is 0 Å². The minimum absolute atomic E-state index is 0.320. The van der Waals surface area contributed by atoms with Gasteiger partial charge in [0.25, 0.3) is 0 Å². The monoisotopic (exact) mass is 246 g/mol. The summed E-state index contributed by atoms with van der Waals surface area (Å²) in [4.78, 5) is 2.65. The molecule has 1 N–H and O–H groups in total. The van der Waals surface area contributed by atoms with Crippen LogP contribution in [0.15, 0.2) is 30.3 Å². The minimum Gasteiger partial charge on any atom is -0.317 e. The van der Waals surface area contributed by atoms with Crippen molar-refractivity contribution in [1.82, 2.24) is 10.2 Å². The molecule has 0 radical (unpaired) electrons. The average Bonchev–Trinajstić information content (AvgIpc) is 2.37. The molecule has 1 aromatic carbocycles. The van der Waals surface area contributed by atoms with Crippen molar-refractivity contribution in [2.75, 3.05) is 20.1 Å². The number of benzene rings is 1. The van der Waals surface area contributed by atoms with E-state index < -0.39 is 0 Å². The standard InChI is InChI=1S/C16H26N2/c1-16(2)13-15(17-3)10-12-18(16)11-9-14-7-5-4-6-8-14/h4-8,15,17H,9-13H2,1-3H3. The summed E-state index contributed by atoms with van der Waals surface area (Å²) in [6.07, 6.45) is 3.68. The second-order valence-corrected chi connectivity index (χ2v) is 6.01. The van der Waals surface area contributed by atoms with E-state index in [1.54, 1.807) is 0 Å². The van der Waals surface area contributed by atoms with Crippen molar-refractivity contribution in [3.8, 4) is 0 Å². The van der Waals surface area contributed by atoms with Crippen LogP contribution in [0.25, 0.3) is 0 Å². The van der Waals surface area contributed by atoms with Gasteiger partial charge in [0.1, 0.15) is 0 Å². The molecule has 1 aliphatic heterocycles. The second kappa shape index (κ2) is 5.85. The molecule has 0 aromatic heterocycles. The van der Waals surface area contributed by atoms with E-state index in [0.29, 0.717) is 11.6 Å². The minimum atomic E-state index is 0.320. The van der Waals surface area contributed by atoms with Crippen molar-refractivity contribution in [1.29, 1.82) is 0 Å². The van der Waals surface area contributed by atoms with Crippen LogP contribution < -0.4 is 5.32 Å². The summed E-state index contributed by atoms with van der Waals surface area (Å²) in [5.74, 6) is 0. The third-order valence-electron chi connectivity index (χ3n) is 4.27. The van der Waals surface area contributed by atoms with Crippen molar-refractivity contribution >= 4 is 0 Å². The topological polar surface area (TPSA) is 15.3 Å². The van der Waals surface area contributed by atoms with Crippen LogP contribution in [0.3, 0.4) is 0 Å². The first kappa shape index (κ1) is 13.6. The number of hydrogen-bond donors (Lipinski definition) is 1. The molecule has 1 unspecified atom stereocenters. The predicted octanol–water partition coefficient (Wildman–Crippen LogP) is 2.69. The number of nitrogens with one attached hydrogen (secondary N) is 1. The zero-order valence-electron chi connectivity index (χ0n) is 11.9. The summed E-state index contributed by atoms with van der Waals surface area (Å²) in [6.45, 7) is 7.14. The Morgan fingerprint density at radius 2 is 2.00 bits per heavy atom. The number of nitrogens with zero attached hydrogens (tertiary/aromatic N) is 1. The smallest absolute Gasteiger partial charge is 0.0168 e. The van der Waals surface area contributed by atoms with E-state index in [1.807, 2.05) is 0 Å². The van der Waals surface area contributed by atoms with Crippen molar-refractivity contribution in [3.05, 3.63) is 35.9 Å². The van der Waals surface area contributed by atoms with Gasteiger partial charge in [-0.15, -0.1) is 0 Å². The van der Waals surface area contributed by atoms with Gasteiger partial charge >= 0.3 is 0 Å². The molecule has 1 fully saturated rings. The van der Waals surface area contributed by atoms with Gasteiger partial charge in [-0.3, -0.25) is 4.90 Å². The SMILES string of the molecule is CNC1CCN(CCc2ccccc2)C(C)(C)C1. The van der Waals surface area contributed by atoms with Gasteiger partial charge in [0, 0.05) is 24.7 Å². The fraction of sp³-hybridized carbons (Fsp3) is 0.625. The van der Waals surface area contributed by atoms with Gasteiger partial charge in [-0.05, 0) is 45.7 Å². The van der Waals surface area contributed by atoms with Crippen molar-refractivity contribution < 1.29 is 0 Å². The molecule has 1 aliphatic rings. The zero-order chi connectivity index (χ0) is 13.0. The third kappa shape index (κ3) is 3.33. The molecule has 0 spiro atoms. The van der Waals surface area contributed by atoms with E-state index >= 15 is 0 Å². The molecular weight excluding hydrogens is 220 g/mol. The van der Waals surface area contributed by atoms with Crippen molar-refractivity contribution in [2.45, 2.75) is 44.7 Å². The first-order valence-electron chi connectivity index (χ1n) is 7.08. The summed E-state index contributed by atoms with van der Waals surface area (Å²) in [7, 11) is 2.08. The van der Waals surface area contributed by atoms with Gasteiger partial charge in [0.2, 0.25) is 0 Å². The molecule has 0 aliphatic carbocycles. The second-order valence-electron chi connectivity index (χ2n) is 6.01. The first-order valence-corrected chi connectivity index (χ1v) is 7.08. The van der Waals surface area contributed by atoms with Crippen LogP contribution in [0, 0.1) is 0 Å². The highest BCUT2D eigenvalue weighted by molar-refractivity contribution is 5.15. The van der Waals surface area contributed by atoms with E-state index in [2.05, 4.69) is 61.4 Å². The number of hydrogen-bond acceptors (Lipinski definition) is 2. The Labute approximate surface area is 111 Å². The van der Waals surface area contributed by atoms with Crippen molar-refractivity contribution in [2.24, 2.45) is 0 Å². The largest absolute Gasteiger partial charge is 0.317 e. The van der Waals surface area contributed by atoms with Gasteiger partial charge in [0.05, 0.1) is 0 Å². The lowest BCUT2D eigenvalue weighted by atomic mass is 9.86. The fourth-order valence-electron chi connectivity index (χ4n) is 3.02. The maximum atomic E-state index is 3.43. The van der Waals surface area contributed by atoms with Crippen LogP contribution in [-0.4, -0.2) is 36.6 Å². The summed E-state index contributed by atoms with van der Waals surface area (Å²) < 4.78 is 0. The zero-order valence-corrected chi connectivity index (χ0v) is 11.9. The van der Waals surface area contributed by atoms with Gasteiger partial charge in [-0.2, -0.15) is 0 Å². The summed E-state index contributed by atoms with van der Waals surface area (Å²) in [5, 5.41) is 3.43. The van der Waals surface area contributed by atoms with Crippen molar-refractivity contribution in [3.63, 3.8) is 0 Å². The molecule has 1 aromatic rings. The summed E-state index contributed by atoms with van der Waals surface area (Å²) >= 11 is 0. The van der Waals surface area contributed by atoms with Gasteiger partial charge in [-0.1, -0.05) is 30.3 Å². The molecule has 0 amide bonds. The molecule has 0 bridgehead atoms. The highest BCUT2D eigenvalue weighted by Gasteiger charge is 2.33. The lowest BCUT2D eigenvalue weighted by molar-refractivity contribution is 0.0615. The Bertz CT molecular complexity index is 359. The number of piperidine rings is 1. The van der Waals surface area contributed by atoms with Gasteiger partial charge < -0.3 is 5.32 Å². The van der Waals surface area contributed by atoms with Gasteiger partial charge in [0.15, 0.2) is 0 Å². The number of rotatable bonds is 4. The molecule has 2 heteroatoms. The van der Waals surface area contributed by atoms with E-state index in [4.69, 9.17) is 0 Å². The van der Waals surface area contributed by atoms with E-state index in [-0.39, 0.29) is 0 Å². The molecule has 1 saturated heterocycles. The molecule has 1 atom stereocenters. The predicted molar refractivity (Wildman–Crippen MR) is 77.9 cm³/mol. The Morgan fingerprint density at radius 3 is 2.61 bits per heavy atom. The van der Waals surface area contributed by atoms with Crippen LogP contribution >= 0.6 is 0 Å². The van der Waals surface area contributed by atoms with Crippen LogP contribution in [0.5, 0.6) is 0 Å². The maximum Gasteiger partial charge on any atom is 0.0168 e. The van der Waals surface area contributed by atoms with Crippen LogP contribution in [0.2, 0.25) is 0 Å². The lowest BCUT2D eigenvalue weighted by Gasteiger charge is -2.45. The molecule has 0 saturated carbocycles. The van der Waals surface area contributed by atoms with E-state index in [1.165, 1.54) is 31.5 Å². The van der Waals surface area contributed by atoms with E-state index in [9.17, 15) is 0 Å². The van der Waals surface area contributed by atoms with Crippen LogP contribution in [0.4, 0.5) is 0 Å². The maximum absolute atomic E-state index is 3.43. The fourth-order valence-corrected chi connectivity index (χ4v) is 3.02. The molecule has 1 heterocycles. The molecule has 18 heavy (non-hydrogen) atoms. The van der Waals surface area contributed by atoms with Crippen LogP contribution in [0.1, 0.15) is 32.3 Å². The quantitative estimate of drug-likeness (QED) is 0.878. The Morgan fingerprint density at radius 1 is 1.28 bits per heavy atom. The van der Waals surface area contributed by atoms with E-state index in [0.717, 1.165) is 6.42 Å². The first-order chi connectivity index (χ1) is 8.62.